The van der Waals surface area contributed by atoms with E-state index in [1.807, 2.05) is 37.3 Å². The Labute approximate surface area is 182 Å². The van der Waals surface area contributed by atoms with E-state index in [2.05, 4.69) is 22.1 Å². The Morgan fingerprint density at radius 2 is 1.77 bits per heavy atom. The van der Waals surface area contributed by atoms with Crippen LogP contribution in [-0.2, 0) is 16.6 Å². The van der Waals surface area contributed by atoms with Crippen molar-refractivity contribution >= 4 is 21.6 Å². The Bertz CT molecular complexity index is 1110. The average molecular weight is 445 g/mol. The first-order valence-corrected chi connectivity index (χ1v) is 11.8. The fourth-order valence-electron chi connectivity index (χ4n) is 3.98. The van der Waals surface area contributed by atoms with Gasteiger partial charge in [0.15, 0.2) is 0 Å². The molecule has 30 heavy (non-hydrogen) atoms. The number of sulfonamides is 1. The van der Waals surface area contributed by atoms with Crippen LogP contribution in [0.15, 0.2) is 65.7 Å². The molecule has 1 aliphatic heterocycles. The van der Waals surface area contributed by atoms with Crippen LogP contribution in [-0.4, -0.2) is 53.1 Å². The van der Waals surface area contributed by atoms with Crippen LogP contribution in [0.2, 0.25) is 5.02 Å². The summed E-state index contributed by atoms with van der Waals surface area (Å²) in [6.45, 7) is 6.42. The van der Waals surface area contributed by atoms with Crippen LogP contribution in [0.3, 0.4) is 0 Å². The van der Waals surface area contributed by atoms with Crippen molar-refractivity contribution < 1.29 is 8.42 Å². The molecule has 3 aromatic rings. The Morgan fingerprint density at radius 3 is 2.43 bits per heavy atom. The summed E-state index contributed by atoms with van der Waals surface area (Å²) in [5, 5.41) is 4.95. The zero-order chi connectivity index (χ0) is 21.3. The van der Waals surface area contributed by atoms with Gasteiger partial charge in [0.1, 0.15) is 4.90 Å². The molecule has 1 saturated heterocycles. The Kier molecular flexibility index (Phi) is 5.97. The fourth-order valence-corrected chi connectivity index (χ4v) is 5.86. The van der Waals surface area contributed by atoms with Crippen LogP contribution in [0.25, 0.3) is 5.69 Å². The second-order valence-corrected chi connectivity index (χ2v) is 9.96. The van der Waals surface area contributed by atoms with Crippen LogP contribution < -0.4 is 0 Å². The van der Waals surface area contributed by atoms with Crippen molar-refractivity contribution in [1.82, 2.24) is 19.0 Å². The SMILES string of the molecule is Cc1c(S(=O)(=O)N2CCN(Cc3ccccc3)C[C@H]2C)cnn1-c1ccc(Cl)cc1. The Morgan fingerprint density at radius 1 is 1.07 bits per heavy atom. The molecule has 6 nitrogen and oxygen atoms in total. The van der Waals surface area contributed by atoms with Crippen molar-refractivity contribution in [1.29, 1.82) is 0 Å². The van der Waals surface area contributed by atoms with E-state index < -0.39 is 10.0 Å². The number of piperazine rings is 1. The molecule has 1 fully saturated rings. The molecule has 2 heterocycles. The minimum atomic E-state index is -3.64. The zero-order valence-corrected chi connectivity index (χ0v) is 18.6. The van der Waals surface area contributed by atoms with Gasteiger partial charge in [-0.25, -0.2) is 13.1 Å². The molecule has 0 bridgehead atoms. The first kappa shape index (κ1) is 21.1. The van der Waals surface area contributed by atoms with Crippen LogP contribution >= 0.6 is 11.6 Å². The van der Waals surface area contributed by atoms with Crippen LogP contribution in [0, 0.1) is 6.92 Å². The third kappa shape index (κ3) is 4.16. The highest BCUT2D eigenvalue weighted by Gasteiger charge is 2.35. The maximum absolute atomic E-state index is 13.4. The number of halogens is 1. The number of hydrogen-bond acceptors (Lipinski definition) is 4. The second kappa shape index (κ2) is 8.51. The van der Waals surface area contributed by atoms with E-state index in [9.17, 15) is 8.42 Å². The van der Waals surface area contributed by atoms with Crippen LogP contribution in [0.4, 0.5) is 0 Å². The summed E-state index contributed by atoms with van der Waals surface area (Å²) in [5.74, 6) is 0. The molecule has 4 rings (SSSR count). The van der Waals surface area contributed by atoms with Gasteiger partial charge in [-0.3, -0.25) is 4.90 Å². The molecule has 0 unspecified atom stereocenters. The van der Waals surface area contributed by atoms with Crippen molar-refractivity contribution in [2.75, 3.05) is 19.6 Å². The number of hydrogen-bond donors (Lipinski definition) is 0. The minimum absolute atomic E-state index is 0.120. The van der Waals surface area contributed by atoms with E-state index in [0.717, 1.165) is 12.2 Å². The highest BCUT2D eigenvalue weighted by molar-refractivity contribution is 7.89. The van der Waals surface area contributed by atoms with Crippen molar-refractivity contribution in [3.05, 3.63) is 77.1 Å². The van der Waals surface area contributed by atoms with Crippen molar-refractivity contribution in [3.63, 3.8) is 0 Å². The van der Waals surface area contributed by atoms with Crippen LogP contribution in [0.1, 0.15) is 18.2 Å². The summed E-state index contributed by atoms with van der Waals surface area (Å²) in [5.41, 5.74) is 2.61. The van der Waals surface area contributed by atoms with Gasteiger partial charge < -0.3 is 0 Å². The average Bonchev–Trinajstić information content (AvgIpc) is 3.11. The molecule has 0 amide bonds. The normalized spacial score (nSPS) is 18.6. The molecule has 0 N–H and O–H groups in total. The highest BCUT2D eigenvalue weighted by Crippen LogP contribution is 2.26. The molecule has 158 valence electrons. The molecule has 0 aliphatic carbocycles. The van der Waals surface area contributed by atoms with Gasteiger partial charge in [0, 0.05) is 37.2 Å². The molecule has 1 aromatic heterocycles. The third-order valence-corrected chi connectivity index (χ3v) is 7.89. The molecule has 0 radical (unpaired) electrons. The zero-order valence-electron chi connectivity index (χ0n) is 17.1. The molecule has 2 aromatic carbocycles. The van der Waals surface area contributed by atoms with E-state index in [1.165, 1.54) is 11.8 Å². The summed E-state index contributed by atoms with van der Waals surface area (Å²) in [6.07, 6.45) is 1.45. The summed E-state index contributed by atoms with van der Waals surface area (Å²) >= 11 is 5.96. The van der Waals surface area contributed by atoms with Gasteiger partial charge in [-0.05, 0) is 43.7 Å². The monoisotopic (exact) mass is 444 g/mol. The molecule has 1 atom stereocenters. The van der Waals surface area contributed by atoms with Crippen LogP contribution in [0.5, 0.6) is 0 Å². The predicted molar refractivity (Wildman–Crippen MR) is 118 cm³/mol. The first-order chi connectivity index (χ1) is 14.4. The number of benzene rings is 2. The first-order valence-electron chi connectivity index (χ1n) is 9.95. The van der Waals surface area contributed by atoms with E-state index in [4.69, 9.17) is 11.6 Å². The van der Waals surface area contributed by atoms with Gasteiger partial charge in [0.25, 0.3) is 0 Å². The highest BCUT2D eigenvalue weighted by atomic mass is 35.5. The summed E-state index contributed by atoms with van der Waals surface area (Å²) in [6, 6.07) is 17.3. The second-order valence-electron chi connectivity index (χ2n) is 7.67. The number of nitrogens with zero attached hydrogens (tertiary/aromatic N) is 4. The molecule has 0 spiro atoms. The number of aromatic nitrogens is 2. The summed E-state index contributed by atoms with van der Waals surface area (Å²) in [4.78, 5) is 2.55. The van der Waals surface area contributed by atoms with Gasteiger partial charge in [-0.1, -0.05) is 41.9 Å². The quantitative estimate of drug-likeness (QED) is 0.601. The lowest BCUT2D eigenvalue weighted by molar-refractivity contribution is 0.138. The van der Waals surface area contributed by atoms with E-state index in [-0.39, 0.29) is 10.9 Å². The lowest BCUT2D eigenvalue weighted by Gasteiger charge is -2.38. The molecule has 8 heteroatoms. The lowest BCUT2D eigenvalue weighted by atomic mass is 10.1. The predicted octanol–water partition coefficient (Wildman–Crippen LogP) is 3.73. The Balaban J connectivity index is 1.52. The van der Waals surface area contributed by atoms with Gasteiger partial charge >= 0.3 is 0 Å². The van der Waals surface area contributed by atoms with E-state index >= 15 is 0 Å². The van der Waals surface area contributed by atoms with Crippen molar-refractivity contribution in [2.45, 2.75) is 31.3 Å². The van der Waals surface area contributed by atoms with E-state index in [0.29, 0.717) is 30.4 Å². The summed E-state index contributed by atoms with van der Waals surface area (Å²) in [7, 11) is -3.64. The lowest BCUT2D eigenvalue weighted by Crippen LogP contribution is -2.53. The topological polar surface area (TPSA) is 58.4 Å². The largest absolute Gasteiger partial charge is 0.296 e. The standard InChI is InChI=1S/C22H25ClN4O2S/c1-17-15-25(16-19-6-4-3-5-7-19)12-13-26(17)30(28,29)22-14-24-27(18(22)2)21-10-8-20(23)9-11-21/h3-11,14,17H,12-13,15-16H2,1-2H3/t17-/m1/s1. The smallest absolute Gasteiger partial charge is 0.246 e. The van der Waals surface area contributed by atoms with Gasteiger partial charge in [0.05, 0.1) is 17.6 Å². The molecular weight excluding hydrogens is 420 g/mol. The fraction of sp³-hybridized carbons (Fsp3) is 0.318. The van der Waals surface area contributed by atoms with Crippen molar-refractivity contribution in [2.24, 2.45) is 0 Å². The molecule has 0 saturated carbocycles. The van der Waals surface area contributed by atoms with Gasteiger partial charge in [-0.2, -0.15) is 9.40 Å². The summed E-state index contributed by atoms with van der Waals surface area (Å²) < 4.78 is 30.1. The number of rotatable bonds is 5. The van der Waals surface area contributed by atoms with E-state index in [1.54, 1.807) is 28.0 Å². The Hall–Kier alpha value is -2.19. The minimum Gasteiger partial charge on any atom is -0.296 e. The maximum Gasteiger partial charge on any atom is 0.246 e. The van der Waals surface area contributed by atoms with Gasteiger partial charge in [-0.15, -0.1) is 0 Å². The van der Waals surface area contributed by atoms with Crippen molar-refractivity contribution in [3.8, 4) is 5.69 Å². The van der Waals surface area contributed by atoms with Gasteiger partial charge in [0.2, 0.25) is 10.0 Å². The third-order valence-electron chi connectivity index (χ3n) is 5.52. The molecular formula is C22H25ClN4O2S. The molecule has 1 aliphatic rings. The maximum atomic E-state index is 13.4.